The van der Waals surface area contributed by atoms with Crippen LogP contribution in [0.25, 0.3) is 0 Å². The number of aryl methyl sites for hydroxylation is 1. The van der Waals surface area contributed by atoms with Gasteiger partial charge in [-0.15, -0.1) is 5.10 Å². The van der Waals surface area contributed by atoms with Crippen LogP contribution in [0.1, 0.15) is 50.0 Å². The average molecular weight is 343 g/mol. The van der Waals surface area contributed by atoms with E-state index in [1.54, 1.807) is 0 Å². The molecule has 4 rings (SSSR count). The van der Waals surface area contributed by atoms with E-state index in [2.05, 4.69) is 39.5 Å². The number of aromatic nitrogens is 4. The molecule has 0 spiro atoms. The van der Waals surface area contributed by atoms with Gasteiger partial charge in [-0.25, -0.2) is 4.68 Å². The lowest BCUT2D eigenvalue weighted by Crippen LogP contribution is -2.25. The molecule has 0 saturated carbocycles. The molecule has 3 heterocycles. The van der Waals surface area contributed by atoms with Crippen molar-refractivity contribution in [3.63, 3.8) is 0 Å². The third-order valence-electron chi connectivity index (χ3n) is 4.99. The molecule has 1 atom stereocenters. The van der Waals surface area contributed by atoms with Crippen molar-refractivity contribution in [3.8, 4) is 11.5 Å². The van der Waals surface area contributed by atoms with Crippen molar-refractivity contribution >= 4 is 0 Å². The van der Waals surface area contributed by atoms with E-state index < -0.39 is 0 Å². The number of hydrogen-bond donors (Lipinski definition) is 0. The lowest BCUT2D eigenvalue weighted by Gasteiger charge is -2.26. The summed E-state index contributed by atoms with van der Waals surface area (Å²) in [7, 11) is 0. The molecule has 0 N–H and O–H groups in total. The maximum Gasteiger partial charge on any atom is 0.165 e. The first-order valence-corrected chi connectivity index (χ1v) is 9.24. The smallest absolute Gasteiger partial charge is 0.165 e. The third kappa shape index (κ3) is 3.46. The number of benzene rings is 1. The molecule has 0 aliphatic carbocycles. The molecule has 0 unspecified atom stereocenters. The highest BCUT2D eigenvalue weighted by molar-refractivity contribution is 5.44. The van der Waals surface area contributed by atoms with E-state index in [-0.39, 0.29) is 0 Å². The highest BCUT2D eigenvalue weighted by Crippen LogP contribution is 2.38. The Kier molecular flexibility index (Phi) is 4.83. The zero-order valence-corrected chi connectivity index (χ0v) is 14.7. The molecule has 0 radical (unpaired) electrons. The van der Waals surface area contributed by atoms with Crippen LogP contribution < -0.4 is 9.47 Å². The second-order valence-electron chi connectivity index (χ2n) is 6.70. The first kappa shape index (κ1) is 16.3. The molecule has 2 aromatic rings. The van der Waals surface area contributed by atoms with Gasteiger partial charge in [0.25, 0.3) is 0 Å². The number of ether oxygens (including phenoxy) is 2. The fourth-order valence-electron chi connectivity index (χ4n) is 3.66. The highest BCUT2D eigenvalue weighted by Gasteiger charge is 2.28. The molecule has 0 bridgehead atoms. The van der Waals surface area contributed by atoms with Crippen LogP contribution in [0.2, 0.25) is 0 Å². The molecule has 1 fully saturated rings. The first-order valence-electron chi connectivity index (χ1n) is 9.24. The minimum Gasteiger partial charge on any atom is -0.486 e. The Morgan fingerprint density at radius 1 is 1.20 bits per heavy atom. The van der Waals surface area contributed by atoms with Crippen LogP contribution in [0.4, 0.5) is 0 Å². The van der Waals surface area contributed by atoms with Crippen LogP contribution in [-0.2, 0) is 13.1 Å². The summed E-state index contributed by atoms with van der Waals surface area (Å²) in [6, 6.07) is 6.71. The van der Waals surface area contributed by atoms with Crippen LogP contribution in [0.15, 0.2) is 18.2 Å². The van der Waals surface area contributed by atoms with Gasteiger partial charge >= 0.3 is 0 Å². The number of unbranched alkanes of at least 4 members (excludes halogenated alkanes) is 1. The van der Waals surface area contributed by atoms with Gasteiger partial charge in [0, 0.05) is 12.6 Å². The second-order valence-corrected chi connectivity index (χ2v) is 6.70. The standard InChI is InChI=1S/C18H25N5O2/c1-2-3-9-23-18(19-20-21-23)13-22-8-4-5-15(22)14-6-7-16-17(12-14)25-11-10-24-16/h6-7,12,15H,2-5,8-11,13H2,1H3/t15-/m0/s1. The minimum atomic E-state index is 0.382. The minimum absolute atomic E-state index is 0.382. The van der Waals surface area contributed by atoms with Gasteiger partial charge in [0.15, 0.2) is 17.3 Å². The van der Waals surface area contributed by atoms with E-state index in [0.29, 0.717) is 19.3 Å². The number of likely N-dealkylation sites (tertiary alicyclic amines) is 1. The van der Waals surface area contributed by atoms with Crippen molar-refractivity contribution in [2.24, 2.45) is 0 Å². The molecule has 1 saturated heterocycles. The van der Waals surface area contributed by atoms with Gasteiger partial charge in [0.1, 0.15) is 13.2 Å². The SMILES string of the molecule is CCCCn1nnnc1CN1CCC[C@H]1c1ccc2c(c1)OCCO2. The van der Waals surface area contributed by atoms with Gasteiger partial charge in [-0.2, -0.15) is 0 Å². The lowest BCUT2D eigenvalue weighted by atomic mass is 10.0. The van der Waals surface area contributed by atoms with Crippen LogP contribution in [-0.4, -0.2) is 44.9 Å². The summed E-state index contributed by atoms with van der Waals surface area (Å²) in [6.45, 7) is 6.18. The van der Waals surface area contributed by atoms with Crippen molar-refractivity contribution in [2.75, 3.05) is 19.8 Å². The zero-order chi connectivity index (χ0) is 17.1. The van der Waals surface area contributed by atoms with Gasteiger partial charge in [-0.3, -0.25) is 4.90 Å². The zero-order valence-electron chi connectivity index (χ0n) is 14.7. The Hall–Kier alpha value is -2.15. The van der Waals surface area contributed by atoms with E-state index in [4.69, 9.17) is 9.47 Å². The molecule has 25 heavy (non-hydrogen) atoms. The van der Waals surface area contributed by atoms with Crippen LogP contribution in [0.5, 0.6) is 11.5 Å². The summed E-state index contributed by atoms with van der Waals surface area (Å²) in [6.07, 6.45) is 4.58. The van der Waals surface area contributed by atoms with Crippen LogP contribution in [0, 0.1) is 0 Å². The molecule has 2 aliphatic rings. The van der Waals surface area contributed by atoms with Crippen LogP contribution in [0.3, 0.4) is 0 Å². The Balaban J connectivity index is 1.50. The number of hydrogen-bond acceptors (Lipinski definition) is 6. The van der Waals surface area contributed by atoms with Crippen molar-refractivity contribution in [1.29, 1.82) is 0 Å². The third-order valence-corrected chi connectivity index (χ3v) is 4.99. The fourth-order valence-corrected chi connectivity index (χ4v) is 3.66. The summed E-state index contributed by atoms with van der Waals surface area (Å²) < 4.78 is 13.3. The Morgan fingerprint density at radius 2 is 2.08 bits per heavy atom. The number of nitrogens with zero attached hydrogens (tertiary/aromatic N) is 5. The monoisotopic (exact) mass is 343 g/mol. The van der Waals surface area contributed by atoms with Crippen molar-refractivity contribution in [2.45, 2.75) is 51.7 Å². The molecule has 1 aromatic carbocycles. The molecule has 7 nitrogen and oxygen atoms in total. The maximum absolute atomic E-state index is 5.75. The topological polar surface area (TPSA) is 65.3 Å². The van der Waals surface area contributed by atoms with Gasteiger partial charge in [0.2, 0.25) is 0 Å². The molecule has 134 valence electrons. The second kappa shape index (κ2) is 7.39. The van der Waals surface area contributed by atoms with Gasteiger partial charge in [-0.1, -0.05) is 19.4 Å². The quantitative estimate of drug-likeness (QED) is 0.803. The van der Waals surface area contributed by atoms with Crippen molar-refractivity contribution in [3.05, 3.63) is 29.6 Å². The van der Waals surface area contributed by atoms with E-state index in [1.807, 2.05) is 10.7 Å². The summed E-state index contributed by atoms with van der Waals surface area (Å²) in [5.74, 6) is 2.67. The molecular weight excluding hydrogens is 318 g/mol. The molecule has 0 amide bonds. The summed E-state index contributed by atoms with van der Waals surface area (Å²) >= 11 is 0. The highest BCUT2D eigenvalue weighted by atomic mass is 16.6. The number of fused-ring (bicyclic) bond motifs is 1. The normalized spacial score (nSPS) is 20.1. The van der Waals surface area contributed by atoms with Gasteiger partial charge in [-0.05, 0) is 53.9 Å². The van der Waals surface area contributed by atoms with E-state index >= 15 is 0 Å². The maximum atomic E-state index is 5.75. The van der Waals surface area contributed by atoms with Gasteiger partial charge in [0.05, 0.1) is 6.54 Å². The van der Waals surface area contributed by atoms with Crippen molar-refractivity contribution in [1.82, 2.24) is 25.1 Å². The van der Waals surface area contributed by atoms with E-state index in [1.165, 1.54) is 12.0 Å². The molecule has 7 heteroatoms. The molecule has 1 aromatic heterocycles. The number of tetrazole rings is 1. The Morgan fingerprint density at radius 3 is 2.96 bits per heavy atom. The predicted octanol–water partition coefficient (Wildman–Crippen LogP) is 2.58. The van der Waals surface area contributed by atoms with Crippen LogP contribution >= 0.6 is 0 Å². The van der Waals surface area contributed by atoms with Gasteiger partial charge < -0.3 is 9.47 Å². The average Bonchev–Trinajstić information content (AvgIpc) is 3.29. The molecular formula is C18H25N5O2. The van der Waals surface area contributed by atoms with E-state index in [0.717, 1.165) is 56.2 Å². The fraction of sp³-hybridized carbons (Fsp3) is 0.611. The van der Waals surface area contributed by atoms with Crippen molar-refractivity contribution < 1.29 is 9.47 Å². The Bertz CT molecular complexity index is 717. The van der Waals surface area contributed by atoms with E-state index in [9.17, 15) is 0 Å². The summed E-state index contributed by atoms with van der Waals surface area (Å²) in [5, 5.41) is 12.3. The lowest BCUT2D eigenvalue weighted by molar-refractivity contribution is 0.170. The first-order chi connectivity index (χ1) is 12.3. The molecule has 2 aliphatic heterocycles. The predicted molar refractivity (Wildman–Crippen MR) is 92.5 cm³/mol. The number of rotatable bonds is 6. The summed E-state index contributed by atoms with van der Waals surface area (Å²) in [4.78, 5) is 2.47. The summed E-state index contributed by atoms with van der Waals surface area (Å²) in [5.41, 5.74) is 1.29. The largest absolute Gasteiger partial charge is 0.486 e. The Labute approximate surface area is 147 Å².